The van der Waals surface area contributed by atoms with Crippen LogP contribution in [-0.4, -0.2) is 23.1 Å². The molecule has 0 aliphatic rings. The minimum absolute atomic E-state index is 0. The summed E-state index contributed by atoms with van der Waals surface area (Å²) in [5, 5.41) is 0. The van der Waals surface area contributed by atoms with Crippen LogP contribution >= 0.6 is 0 Å². The van der Waals surface area contributed by atoms with Gasteiger partial charge in [0.05, 0.1) is 0 Å². The predicted molar refractivity (Wildman–Crippen MR) is 45.2 cm³/mol. The molecule has 0 unspecified atom stereocenters. The van der Waals surface area contributed by atoms with Gasteiger partial charge in [-0.05, 0) is 27.7 Å². The zero-order chi connectivity index (χ0) is 10.8. The summed E-state index contributed by atoms with van der Waals surface area (Å²) < 4.78 is 0. The quantitative estimate of drug-likeness (QED) is 0.552. The monoisotopic (exact) mass is 287 g/mol. The van der Waals surface area contributed by atoms with E-state index in [2.05, 4.69) is 0 Å². The Bertz CT molecular complexity index is 232. The van der Waals surface area contributed by atoms with Crippen LogP contribution in [0.25, 0.3) is 0 Å². The van der Waals surface area contributed by atoms with Gasteiger partial charge in [0.15, 0.2) is 23.1 Å². The molecule has 0 aliphatic carbocycles. The van der Waals surface area contributed by atoms with Crippen LogP contribution in [-0.2, 0) is 38.7 Å². The Hall–Kier alpha value is -0.697. The van der Waals surface area contributed by atoms with Crippen LogP contribution in [0.15, 0.2) is 0 Å². The van der Waals surface area contributed by atoms with Crippen molar-refractivity contribution in [3.63, 3.8) is 0 Å². The Balaban J connectivity index is 0. The minimum atomic E-state index is -2.06. The number of hydrogen-bond donors (Lipinski definition) is 0. The average molecular weight is 287 g/mol. The average Bonchev–Trinajstić information content (AvgIpc) is 1.82. The van der Waals surface area contributed by atoms with Gasteiger partial charge in [0.1, 0.15) is 0 Å². The molecule has 0 saturated heterocycles. The number of carbonyl (C=O) groups is 4. The maximum Gasteiger partial charge on any atom is 3.00 e. The second kappa shape index (κ2) is 5.25. The predicted octanol–water partition coefficient (Wildman–Crippen LogP) is 0.326. The molecule has 14 heavy (non-hydrogen) atoms. The maximum atomic E-state index is 11.1. The van der Waals surface area contributed by atoms with Crippen LogP contribution in [0.4, 0.5) is 0 Å². The Morgan fingerprint density at radius 1 is 0.643 bits per heavy atom. The van der Waals surface area contributed by atoms with Crippen LogP contribution in [0.5, 0.6) is 0 Å². The van der Waals surface area contributed by atoms with Crippen LogP contribution in [0, 0.1) is 5.41 Å². The molecule has 0 saturated carbocycles. The van der Waals surface area contributed by atoms with Gasteiger partial charge in [0.2, 0.25) is 5.41 Å². The molecular weight excluding hydrogens is 275 g/mol. The van der Waals surface area contributed by atoms with Crippen LogP contribution in [0.1, 0.15) is 27.7 Å². The number of Topliss-reactive ketones (excluding diaryl/α,β-unsaturated/α-hetero) is 4. The normalized spacial score (nSPS) is 10.0. The van der Waals surface area contributed by atoms with Gasteiger partial charge in [0.25, 0.3) is 0 Å². The van der Waals surface area contributed by atoms with Gasteiger partial charge in [-0.3, -0.25) is 19.2 Å². The van der Waals surface area contributed by atoms with E-state index in [1.165, 1.54) is 0 Å². The largest absolute Gasteiger partial charge is 3.00 e. The summed E-state index contributed by atoms with van der Waals surface area (Å²) in [7, 11) is 0. The smallest absolute Gasteiger partial charge is 0.298 e. The van der Waals surface area contributed by atoms with Crippen molar-refractivity contribution < 1.29 is 38.7 Å². The Labute approximate surface area is 95.2 Å². The third-order valence-electron chi connectivity index (χ3n) is 2.11. The van der Waals surface area contributed by atoms with Crippen molar-refractivity contribution in [2.75, 3.05) is 0 Å². The van der Waals surface area contributed by atoms with Crippen LogP contribution in [0.2, 0.25) is 0 Å². The van der Waals surface area contributed by atoms with E-state index < -0.39 is 28.5 Å². The third-order valence-corrected chi connectivity index (χ3v) is 2.11. The summed E-state index contributed by atoms with van der Waals surface area (Å²) in [5.41, 5.74) is -2.06. The first-order chi connectivity index (χ1) is 5.77. The van der Waals surface area contributed by atoms with Crippen molar-refractivity contribution in [1.29, 1.82) is 0 Å². The number of carbonyl (C=O) groups excluding carboxylic acids is 4. The topological polar surface area (TPSA) is 68.3 Å². The zero-order valence-electron chi connectivity index (χ0n) is 8.47. The Morgan fingerprint density at radius 2 is 0.786 bits per heavy atom. The molecular formula is C9H12O4Rh+3. The van der Waals surface area contributed by atoms with E-state index >= 15 is 0 Å². The molecule has 0 N–H and O–H groups in total. The van der Waals surface area contributed by atoms with E-state index in [0.29, 0.717) is 0 Å². The van der Waals surface area contributed by atoms with Gasteiger partial charge < -0.3 is 0 Å². The molecule has 0 aliphatic heterocycles. The van der Waals surface area contributed by atoms with Gasteiger partial charge in [0, 0.05) is 0 Å². The van der Waals surface area contributed by atoms with E-state index in [-0.39, 0.29) is 19.5 Å². The molecule has 0 aromatic rings. The summed E-state index contributed by atoms with van der Waals surface area (Å²) >= 11 is 0. The van der Waals surface area contributed by atoms with Gasteiger partial charge in [-0.1, -0.05) is 0 Å². The number of rotatable bonds is 4. The van der Waals surface area contributed by atoms with Crippen LogP contribution < -0.4 is 0 Å². The molecule has 0 rings (SSSR count). The van der Waals surface area contributed by atoms with Gasteiger partial charge in [-0.2, -0.15) is 0 Å². The first-order valence-corrected chi connectivity index (χ1v) is 3.82. The standard InChI is InChI=1S/C9H12O4.Rh/c1-5(10)9(6(2)11,7(3)12)8(4)13;/h1-4H3;/q;+3. The van der Waals surface area contributed by atoms with Crippen molar-refractivity contribution in [3.8, 4) is 0 Å². The molecule has 0 fully saturated rings. The maximum absolute atomic E-state index is 11.1. The van der Waals surface area contributed by atoms with Crippen molar-refractivity contribution >= 4 is 23.1 Å². The molecule has 0 radical (unpaired) electrons. The van der Waals surface area contributed by atoms with Gasteiger partial charge >= 0.3 is 19.5 Å². The SMILES string of the molecule is CC(=O)C(C(C)=O)(C(C)=O)C(C)=O.[Rh+3]. The fourth-order valence-corrected chi connectivity index (χ4v) is 1.49. The van der Waals surface area contributed by atoms with Gasteiger partial charge in [-0.15, -0.1) is 0 Å². The van der Waals surface area contributed by atoms with E-state index in [4.69, 9.17) is 0 Å². The number of hydrogen-bond acceptors (Lipinski definition) is 4. The fourth-order valence-electron chi connectivity index (χ4n) is 1.49. The van der Waals surface area contributed by atoms with Gasteiger partial charge in [-0.25, -0.2) is 0 Å². The fraction of sp³-hybridized carbons (Fsp3) is 0.556. The van der Waals surface area contributed by atoms with E-state index in [1.54, 1.807) is 0 Å². The molecule has 4 nitrogen and oxygen atoms in total. The molecule has 0 heterocycles. The zero-order valence-corrected chi connectivity index (χ0v) is 10.1. The van der Waals surface area contributed by atoms with E-state index in [1.807, 2.05) is 0 Å². The molecule has 0 amide bonds. The molecule has 0 bridgehead atoms. The number of ketones is 4. The van der Waals surface area contributed by atoms with Crippen molar-refractivity contribution in [1.82, 2.24) is 0 Å². The summed E-state index contributed by atoms with van der Waals surface area (Å²) in [5.74, 6) is -2.83. The van der Waals surface area contributed by atoms with Crippen molar-refractivity contribution in [3.05, 3.63) is 0 Å². The Morgan fingerprint density at radius 3 is 0.786 bits per heavy atom. The van der Waals surface area contributed by atoms with Crippen LogP contribution in [0.3, 0.4) is 0 Å². The Kier molecular flexibility index (Phi) is 5.91. The van der Waals surface area contributed by atoms with E-state index in [0.717, 1.165) is 27.7 Å². The van der Waals surface area contributed by atoms with E-state index in [9.17, 15) is 19.2 Å². The summed E-state index contributed by atoms with van der Waals surface area (Å²) in [6.07, 6.45) is 0. The molecule has 0 aromatic heterocycles. The second-order valence-electron chi connectivity index (χ2n) is 2.97. The molecule has 0 aromatic carbocycles. The van der Waals surface area contributed by atoms with Crippen molar-refractivity contribution in [2.45, 2.75) is 27.7 Å². The molecule has 5 heteroatoms. The first kappa shape index (κ1) is 15.8. The van der Waals surface area contributed by atoms with Crippen molar-refractivity contribution in [2.24, 2.45) is 5.41 Å². The molecule has 0 spiro atoms. The second-order valence-corrected chi connectivity index (χ2v) is 2.97. The molecule has 0 atom stereocenters. The summed E-state index contributed by atoms with van der Waals surface area (Å²) in [4.78, 5) is 44.5. The minimum Gasteiger partial charge on any atom is -0.298 e. The summed E-state index contributed by atoms with van der Waals surface area (Å²) in [6, 6.07) is 0. The third kappa shape index (κ3) is 2.21. The first-order valence-electron chi connectivity index (χ1n) is 3.82. The summed E-state index contributed by atoms with van der Waals surface area (Å²) in [6.45, 7) is 4.29. The molecule has 78 valence electrons.